The van der Waals surface area contributed by atoms with E-state index < -0.39 is 6.61 Å². The van der Waals surface area contributed by atoms with Crippen molar-refractivity contribution >= 4 is 11.6 Å². The van der Waals surface area contributed by atoms with Crippen molar-refractivity contribution < 1.29 is 27.8 Å². The van der Waals surface area contributed by atoms with Crippen molar-refractivity contribution in [2.75, 3.05) is 25.6 Å². The number of benzene rings is 2. The number of amides is 1. The standard InChI is InChI=1S/C18H19F2NO4/c1-23-10-11-24-15-8-4-14(5-9-15)21-17(22)12-13-2-6-16(7-3-13)25-18(19)20/h2-9,18H,10-12H2,1H3,(H,21,22). The highest BCUT2D eigenvalue weighted by atomic mass is 19.3. The fraction of sp³-hybridized carbons (Fsp3) is 0.278. The number of methoxy groups -OCH3 is 1. The fourth-order valence-electron chi connectivity index (χ4n) is 2.06. The molecule has 0 spiro atoms. The molecule has 5 nitrogen and oxygen atoms in total. The Morgan fingerprint density at radius 1 is 1.00 bits per heavy atom. The van der Waals surface area contributed by atoms with Gasteiger partial charge in [0, 0.05) is 12.8 Å². The van der Waals surface area contributed by atoms with Crippen LogP contribution in [0.25, 0.3) is 0 Å². The van der Waals surface area contributed by atoms with Gasteiger partial charge in [-0.3, -0.25) is 4.79 Å². The highest BCUT2D eigenvalue weighted by Crippen LogP contribution is 2.17. The zero-order valence-electron chi connectivity index (χ0n) is 13.7. The van der Waals surface area contributed by atoms with Crippen molar-refractivity contribution in [3.8, 4) is 11.5 Å². The van der Waals surface area contributed by atoms with Crippen molar-refractivity contribution in [2.45, 2.75) is 13.0 Å². The van der Waals surface area contributed by atoms with Crippen molar-refractivity contribution in [3.05, 3.63) is 54.1 Å². The van der Waals surface area contributed by atoms with E-state index in [2.05, 4.69) is 10.1 Å². The van der Waals surface area contributed by atoms with Crippen LogP contribution in [0, 0.1) is 0 Å². The largest absolute Gasteiger partial charge is 0.491 e. The van der Waals surface area contributed by atoms with Crippen LogP contribution in [0.2, 0.25) is 0 Å². The Kier molecular flexibility index (Phi) is 7.16. The van der Waals surface area contributed by atoms with E-state index in [4.69, 9.17) is 9.47 Å². The number of hydrogen-bond donors (Lipinski definition) is 1. The van der Waals surface area contributed by atoms with E-state index in [1.54, 1.807) is 43.5 Å². The predicted octanol–water partition coefficient (Wildman–Crippen LogP) is 3.49. The van der Waals surface area contributed by atoms with Gasteiger partial charge < -0.3 is 19.5 Å². The molecule has 0 aliphatic carbocycles. The minimum Gasteiger partial charge on any atom is -0.491 e. The topological polar surface area (TPSA) is 56.8 Å². The van der Waals surface area contributed by atoms with Crippen LogP contribution >= 0.6 is 0 Å². The molecule has 0 aromatic heterocycles. The van der Waals surface area contributed by atoms with Crippen molar-refractivity contribution in [1.29, 1.82) is 0 Å². The Hall–Kier alpha value is -2.67. The van der Waals surface area contributed by atoms with E-state index in [9.17, 15) is 13.6 Å². The first-order valence-electron chi connectivity index (χ1n) is 7.62. The van der Waals surface area contributed by atoms with Gasteiger partial charge in [0.1, 0.15) is 18.1 Å². The third-order valence-corrected chi connectivity index (χ3v) is 3.21. The number of anilines is 1. The van der Waals surface area contributed by atoms with Gasteiger partial charge in [0.25, 0.3) is 0 Å². The molecule has 2 aromatic rings. The van der Waals surface area contributed by atoms with E-state index in [1.165, 1.54) is 12.1 Å². The third-order valence-electron chi connectivity index (χ3n) is 3.21. The molecule has 0 fully saturated rings. The number of halogens is 2. The Balaban J connectivity index is 1.83. The summed E-state index contributed by atoms with van der Waals surface area (Å²) in [6.07, 6.45) is 0.126. The minimum atomic E-state index is -2.87. The molecule has 0 radical (unpaired) electrons. The van der Waals surface area contributed by atoms with Gasteiger partial charge in [-0.1, -0.05) is 12.1 Å². The summed E-state index contributed by atoms with van der Waals surface area (Å²) in [6, 6.07) is 12.9. The van der Waals surface area contributed by atoms with E-state index >= 15 is 0 Å². The average Bonchev–Trinajstić information content (AvgIpc) is 2.58. The van der Waals surface area contributed by atoms with Gasteiger partial charge in [-0.15, -0.1) is 0 Å². The summed E-state index contributed by atoms with van der Waals surface area (Å²) in [6.45, 7) is -1.91. The van der Waals surface area contributed by atoms with Crippen molar-refractivity contribution in [1.82, 2.24) is 0 Å². The van der Waals surface area contributed by atoms with Gasteiger partial charge in [-0.25, -0.2) is 0 Å². The second kappa shape index (κ2) is 9.58. The smallest absolute Gasteiger partial charge is 0.387 e. The summed E-state index contributed by atoms with van der Waals surface area (Å²) >= 11 is 0. The van der Waals surface area contributed by atoms with E-state index in [-0.39, 0.29) is 18.1 Å². The van der Waals surface area contributed by atoms with Gasteiger partial charge in [-0.2, -0.15) is 8.78 Å². The van der Waals surface area contributed by atoms with Gasteiger partial charge in [0.15, 0.2) is 0 Å². The lowest BCUT2D eigenvalue weighted by molar-refractivity contribution is -0.115. The normalized spacial score (nSPS) is 10.6. The molecule has 7 heteroatoms. The molecule has 2 aromatic carbocycles. The zero-order chi connectivity index (χ0) is 18.1. The molecule has 0 aliphatic rings. The van der Waals surface area contributed by atoms with Gasteiger partial charge >= 0.3 is 6.61 Å². The quantitative estimate of drug-likeness (QED) is 0.703. The lowest BCUT2D eigenvalue weighted by Crippen LogP contribution is -2.14. The van der Waals surface area contributed by atoms with Crippen LogP contribution in [0.4, 0.5) is 14.5 Å². The fourth-order valence-corrected chi connectivity index (χ4v) is 2.06. The number of rotatable bonds is 9. The first-order valence-corrected chi connectivity index (χ1v) is 7.62. The lowest BCUT2D eigenvalue weighted by atomic mass is 10.1. The number of nitrogens with one attached hydrogen (secondary N) is 1. The van der Waals surface area contributed by atoms with E-state index in [1.807, 2.05) is 0 Å². The van der Waals surface area contributed by atoms with Crippen LogP contribution in [0.3, 0.4) is 0 Å². The average molecular weight is 351 g/mol. The number of carbonyl (C=O) groups is 1. The molecule has 0 atom stereocenters. The van der Waals surface area contributed by atoms with Crippen LogP contribution < -0.4 is 14.8 Å². The molecule has 2 rings (SSSR count). The molecular formula is C18H19F2NO4. The summed E-state index contributed by atoms with van der Waals surface area (Å²) < 4.78 is 38.8. The number of alkyl halides is 2. The highest BCUT2D eigenvalue weighted by molar-refractivity contribution is 5.92. The van der Waals surface area contributed by atoms with Gasteiger partial charge in [0.2, 0.25) is 5.91 Å². The maximum Gasteiger partial charge on any atom is 0.387 e. The predicted molar refractivity (Wildman–Crippen MR) is 89.2 cm³/mol. The molecule has 1 N–H and O–H groups in total. The number of carbonyl (C=O) groups excluding carboxylic acids is 1. The lowest BCUT2D eigenvalue weighted by Gasteiger charge is -2.09. The van der Waals surface area contributed by atoms with Crippen molar-refractivity contribution in [2.24, 2.45) is 0 Å². The summed E-state index contributed by atoms with van der Waals surface area (Å²) in [5.41, 5.74) is 1.33. The van der Waals surface area contributed by atoms with Crippen LogP contribution in [0.1, 0.15) is 5.56 Å². The minimum absolute atomic E-state index is 0.0585. The summed E-state index contributed by atoms with van der Waals surface area (Å²) in [4.78, 5) is 12.0. The molecule has 0 bridgehead atoms. The molecule has 134 valence electrons. The molecular weight excluding hydrogens is 332 g/mol. The third kappa shape index (κ3) is 6.76. The van der Waals surface area contributed by atoms with Gasteiger partial charge in [-0.05, 0) is 42.0 Å². The zero-order valence-corrected chi connectivity index (χ0v) is 13.7. The van der Waals surface area contributed by atoms with E-state index in [0.717, 1.165) is 0 Å². The van der Waals surface area contributed by atoms with Crippen LogP contribution in [-0.2, 0) is 16.0 Å². The summed E-state index contributed by atoms with van der Waals surface area (Å²) in [5, 5.41) is 2.76. The molecule has 0 aliphatic heterocycles. The van der Waals surface area contributed by atoms with Crippen molar-refractivity contribution in [3.63, 3.8) is 0 Å². The Morgan fingerprint density at radius 3 is 2.24 bits per heavy atom. The van der Waals surface area contributed by atoms with Crippen LogP contribution in [0.5, 0.6) is 11.5 Å². The summed E-state index contributed by atoms with van der Waals surface area (Å²) in [5.74, 6) is 0.531. The molecule has 1 amide bonds. The molecule has 25 heavy (non-hydrogen) atoms. The first kappa shape index (κ1) is 18.7. The van der Waals surface area contributed by atoms with Crippen LogP contribution in [-0.4, -0.2) is 32.8 Å². The van der Waals surface area contributed by atoms with Crippen LogP contribution in [0.15, 0.2) is 48.5 Å². The molecule has 0 heterocycles. The van der Waals surface area contributed by atoms with Gasteiger partial charge in [0.05, 0.1) is 13.0 Å². The molecule has 0 saturated carbocycles. The monoisotopic (exact) mass is 351 g/mol. The maximum absolute atomic E-state index is 12.1. The Labute approximate surface area is 144 Å². The molecule has 0 saturated heterocycles. The maximum atomic E-state index is 12.1. The number of ether oxygens (including phenoxy) is 3. The Morgan fingerprint density at radius 2 is 1.64 bits per heavy atom. The van der Waals surface area contributed by atoms with E-state index in [0.29, 0.717) is 30.2 Å². The second-order valence-corrected chi connectivity index (χ2v) is 5.11. The molecule has 0 unspecified atom stereocenters. The first-order chi connectivity index (χ1) is 12.1. The second-order valence-electron chi connectivity index (χ2n) is 5.11. The highest BCUT2D eigenvalue weighted by Gasteiger charge is 2.07. The SMILES string of the molecule is COCCOc1ccc(NC(=O)Cc2ccc(OC(F)F)cc2)cc1. The summed E-state index contributed by atoms with van der Waals surface area (Å²) in [7, 11) is 1.60. The Bertz CT molecular complexity index is 660. The number of hydrogen-bond acceptors (Lipinski definition) is 4.